The van der Waals surface area contributed by atoms with Crippen LogP contribution in [0.25, 0.3) is 0 Å². The van der Waals surface area contributed by atoms with E-state index in [4.69, 9.17) is 5.73 Å². The van der Waals surface area contributed by atoms with Gasteiger partial charge in [0.1, 0.15) is 0 Å². The summed E-state index contributed by atoms with van der Waals surface area (Å²) in [5, 5.41) is -0.0569. The summed E-state index contributed by atoms with van der Waals surface area (Å²) in [5.74, 6) is 2.38. The molecule has 0 aliphatic carbocycles. The molecule has 0 aromatic carbocycles. The summed E-state index contributed by atoms with van der Waals surface area (Å²) in [6.07, 6.45) is 2.30. The van der Waals surface area contributed by atoms with Crippen molar-refractivity contribution >= 4 is 6.60 Å². The number of hydrogen-bond acceptors (Lipinski definition) is 1. The molecular weight excluding hydrogens is 165 g/mol. The quantitative estimate of drug-likeness (QED) is 0.580. The first-order valence-electron chi connectivity index (χ1n) is 4.48. The van der Waals surface area contributed by atoms with Crippen LogP contribution >= 0.6 is 6.60 Å². The molecule has 2 heteroatoms. The molecule has 0 saturated carbocycles. The van der Waals surface area contributed by atoms with Gasteiger partial charge in [0, 0.05) is 0 Å². The maximum absolute atomic E-state index is 6.46. The van der Waals surface area contributed by atoms with Crippen LogP contribution in [-0.4, -0.2) is 25.3 Å². The van der Waals surface area contributed by atoms with Crippen molar-refractivity contribution in [1.82, 2.24) is 0 Å². The molecule has 0 fully saturated rings. The molecule has 1 aliphatic heterocycles. The van der Waals surface area contributed by atoms with Gasteiger partial charge in [-0.25, -0.2) is 0 Å². The van der Waals surface area contributed by atoms with E-state index in [0.29, 0.717) is 0 Å². The Morgan fingerprint density at radius 1 is 1.08 bits per heavy atom. The fourth-order valence-electron chi connectivity index (χ4n) is 1.80. The van der Waals surface area contributed by atoms with Crippen LogP contribution in [0.4, 0.5) is 0 Å². The average Bonchev–Trinajstić information content (AvgIpc) is 1.91. The zero-order valence-corrected chi connectivity index (χ0v) is 10.1. The molecule has 1 rings (SSSR count). The SMILES string of the molecule is CC1(C)C=CP(C)(C)(C)C1(C)N. The Balaban J connectivity index is 3.29. The van der Waals surface area contributed by atoms with Gasteiger partial charge in [-0.2, -0.15) is 0 Å². The summed E-state index contributed by atoms with van der Waals surface area (Å²) >= 11 is 0. The Morgan fingerprint density at radius 2 is 1.50 bits per heavy atom. The van der Waals surface area contributed by atoms with Gasteiger partial charge in [-0.05, 0) is 0 Å². The Morgan fingerprint density at radius 3 is 1.58 bits per heavy atom. The summed E-state index contributed by atoms with van der Waals surface area (Å²) < 4.78 is 0. The fourth-order valence-corrected chi connectivity index (χ4v) is 5.14. The minimum atomic E-state index is -1.77. The van der Waals surface area contributed by atoms with Crippen molar-refractivity contribution in [2.75, 3.05) is 20.0 Å². The third-order valence-electron chi connectivity index (χ3n) is 3.98. The van der Waals surface area contributed by atoms with Gasteiger partial charge < -0.3 is 0 Å². The van der Waals surface area contributed by atoms with Crippen LogP contribution in [0.2, 0.25) is 0 Å². The fraction of sp³-hybridized carbons (Fsp3) is 0.800. The Bertz CT molecular complexity index is 240. The maximum atomic E-state index is 6.46. The number of rotatable bonds is 0. The van der Waals surface area contributed by atoms with Crippen molar-refractivity contribution in [3.63, 3.8) is 0 Å². The standard InChI is InChI=1S/C10H22NP/c1-9(2)7-8-12(4,5,6)10(9,3)11/h7-8H,11H2,1-6H3. The molecule has 0 amide bonds. The number of hydrogen-bond donors (Lipinski definition) is 1. The van der Waals surface area contributed by atoms with E-state index < -0.39 is 6.60 Å². The van der Waals surface area contributed by atoms with Gasteiger partial charge in [-0.3, -0.25) is 0 Å². The molecule has 0 spiro atoms. The first-order valence-corrected chi connectivity index (χ1v) is 8.13. The Kier molecular flexibility index (Phi) is 1.67. The summed E-state index contributed by atoms with van der Waals surface area (Å²) in [6.45, 7) is 11.9. The molecule has 72 valence electrons. The molecule has 0 radical (unpaired) electrons. The third kappa shape index (κ3) is 0.995. The zero-order valence-electron chi connectivity index (χ0n) is 9.18. The summed E-state index contributed by atoms with van der Waals surface area (Å²) in [6, 6.07) is 0. The minimum absolute atomic E-state index is 0.0569. The van der Waals surface area contributed by atoms with Crippen LogP contribution in [0.15, 0.2) is 11.9 Å². The van der Waals surface area contributed by atoms with E-state index in [1.807, 2.05) is 0 Å². The van der Waals surface area contributed by atoms with Crippen molar-refractivity contribution < 1.29 is 0 Å². The summed E-state index contributed by atoms with van der Waals surface area (Å²) in [7, 11) is 0. The van der Waals surface area contributed by atoms with Gasteiger partial charge in [-0.15, -0.1) is 0 Å². The van der Waals surface area contributed by atoms with Crippen LogP contribution < -0.4 is 5.73 Å². The zero-order chi connectivity index (χ0) is 9.86. The van der Waals surface area contributed by atoms with Gasteiger partial charge in [0.05, 0.1) is 0 Å². The van der Waals surface area contributed by atoms with Crippen LogP contribution in [0, 0.1) is 5.41 Å². The second-order valence-electron chi connectivity index (χ2n) is 6.10. The van der Waals surface area contributed by atoms with E-state index in [0.717, 1.165) is 0 Å². The van der Waals surface area contributed by atoms with E-state index in [9.17, 15) is 0 Å². The van der Waals surface area contributed by atoms with Gasteiger partial charge in [-0.1, -0.05) is 0 Å². The first-order chi connectivity index (χ1) is 4.99. The second kappa shape index (κ2) is 1.96. The summed E-state index contributed by atoms with van der Waals surface area (Å²) in [4.78, 5) is 0. The van der Waals surface area contributed by atoms with E-state index in [1.165, 1.54) is 0 Å². The predicted octanol–water partition coefficient (Wildman–Crippen LogP) is 2.66. The molecule has 1 nitrogen and oxygen atoms in total. The second-order valence-corrected chi connectivity index (χ2v) is 13.2. The summed E-state index contributed by atoms with van der Waals surface area (Å²) in [5.41, 5.74) is 6.61. The first kappa shape index (κ1) is 10.2. The van der Waals surface area contributed by atoms with E-state index in [-0.39, 0.29) is 10.7 Å². The van der Waals surface area contributed by atoms with Crippen LogP contribution in [0.5, 0.6) is 0 Å². The van der Waals surface area contributed by atoms with Crippen LogP contribution in [-0.2, 0) is 0 Å². The molecule has 1 atom stereocenters. The molecule has 0 aromatic rings. The third-order valence-corrected chi connectivity index (χ3v) is 9.07. The van der Waals surface area contributed by atoms with Crippen molar-refractivity contribution in [2.45, 2.75) is 26.1 Å². The molecule has 1 aliphatic rings. The van der Waals surface area contributed by atoms with Crippen LogP contribution in [0.1, 0.15) is 20.8 Å². The Labute approximate surface area is 76.3 Å². The van der Waals surface area contributed by atoms with Gasteiger partial charge >= 0.3 is 75.7 Å². The molecule has 12 heavy (non-hydrogen) atoms. The average molecular weight is 187 g/mol. The molecule has 2 N–H and O–H groups in total. The van der Waals surface area contributed by atoms with Crippen molar-refractivity contribution in [2.24, 2.45) is 11.1 Å². The normalized spacial score (nSPS) is 45.1. The molecular formula is C10H22NP. The molecule has 0 aromatic heterocycles. The van der Waals surface area contributed by atoms with Crippen molar-refractivity contribution in [1.29, 1.82) is 0 Å². The monoisotopic (exact) mass is 187 g/mol. The molecule has 0 bridgehead atoms. The topological polar surface area (TPSA) is 26.0 Å². The number of nitrogens with two attached hydrogens (primary N) is 1. The predicted molar refractivity (Wildman–Crippen MR) is 60.2 cm³/mol. The molecule has 1 unspecified atom stereocenters. The molecule has 1 heterocycles. The van der Waals surface area contributed by atoms with Crippen molar-refractivity contribution in [3.05, 3.63) is 11.9 Å². The van der Waals surface area contributed by atoms with Crippen molar-refractivity contribution in [3.8, 4) is 0 Å². The van der Waals surface area contributed by atoms with Gasteiger partial charge in [0.15, 0.2) is 0 Å². The van der Waals surface area contributed by atoms with Gasteiger partial charge in [0.2, 0.25) is 0 Å². The molecule has 0 saturated heterocycles. The van der Waals surface area contributed by atoms with Crippen LogP contribution in [0.3, 0.4) is 0 Å². The van der Waals surface area contributed by atoms with E-state index in [1.54, 1.807) is 0 Å². The Hall–Kier alpha value is 0.130. The van der Waals surface area contributed by atoms with E-state index >= 15 is 0 Å². The van der Waals surface area contributed by atoms with Gasteiger partial charge in [0.25, 0.3) is 0 Å². The van der Waals surface area contributed by atoms with E-state index in [2.05, 4.69) is 52.7 Å².